The Labute approximate surface area is 89.2 Å². The number of ether oxygens (including phenoxy) is 1. The van der Waals surface area contributed by atoms with E-state index in [0.29, 0.717) is 10.6 Å². The van der Waals surface area contributed by atoms with Gasteiger partial charge in [-0.1, -0.05) is 0 Å². The third kappa shape index (κ3) is 2.80. The molecule has 0 unspecified atom stereocenters. The number of rotatable bonds is 4. The van der Waals surface area contributed by atoms with Crippen LogP contribution in [0, 0.1) is 10.1 Å². The minimum absolute atomic E-state index is 0.0839. The average molecular weight is 226 g/mol. The summed E-state index contributed by atoms with van der Waals surface area (Å²) < 4.78 is 8.20. The zero-order valence-corrected chi connectivity index (χ0v) is 8.48. The lowest BCUT2D eigenvalue weighted by atomic mass is 10.3. The molecule has 0 amide bonds. The molecule has 0 bridgehead atoms. The maximum atomic E-state index is 10.5. The van der Waals surface area contributed by atoms with E-state index in [4.69, 9.17) is 4.74 Å². The molecule has 6 nitrogen and oxygen atoms in total. The van der Waals surface area contributed by atoms with Crippen molar-refractivity contribution in [1.29, 1.82) is 0 Å². The predicted molar refractivity (Wildman–Crippen MR) is 53.6 cm³/mol. The van der Waals surface area contributed by atoms with E-state index in [1.165, 1.54) is 31.4 Å². The highest BCUT2D eigenvalue weighted by Gasteiger charge is 2.11. The third-order valence-corrected chi connectivity index (χ3v) is 2.22. The van der Waals surface area contributed by atoms with Gasteiger partial charge < -0.3 is 4.74 Å². The second-order valence-corrected chi connectivity index (χ2v) is 3.17. The predicted octanol–water partition coefficient (Wildman–Crippen LogP) is 1.95. The quantitative estimate of drug-likeness (QED) is 0.257. The van der Waals surface area contributed by atoms with Gasteiger partial charge in [0.25, 0.3) is 5.69 Å². The van der Waals surface area contributed by atoms with Gasteiger partial charge >= 0.3 is 0 Å². The minimum Gasteiger partial charge on any atom is -0.496 e. The molecule has 1 aromatic carbocycles. The Kier molecular flexibility index (Phi) is 3.84. The molecule has 0 heterocycles. The Morgan fingerprint density at radius 2 is 2.33 bits per heavy atom. The van der Waals surface area contributed by atoms with E-state index in [-0.39, 0.29) is 5.69 Å². The highest BCUT2D eigenvalue weighted by Crippen LogP contribution is 2.32. The van der Waals surface area contributed by atoms with Gasteiger partial charge in [-0.3, -0.25) is 10.1 Å². The topological polar surface area (TPSA) is 81.8 Å². The van der Waals surface area contributed by atoms with Crippen LogP contribution in [-0.2, 0) is 4.79 Å². The molecule has 78 valence electrons. The van der Waals surface area contributed by atoms with Crippen molar-refractivity contribution in [1.82, 2.24) is 0 Å². The van der Waals surface area contributed by atoms with Crippen molar-refractivity contribution in [2.75, 3.05) is 7.11 Å². The van der Waals surface area contributed by atoms with Gasteiger partial charge in [0.2, 0.25) is 6.08 Å². The number of hydrogen-bond donors (Lipinski definition) is 0. The molecule has 1 rings (SSSR count). The van der Waals surface area contributed by atoms with E-state index in [1.54, 1.807) is 0 Å². The summed E-state index contributed by atoms with van der Waals surface area (Å²) >= 11 is 0.775. The maximum Gasteiger partial charge on any atom is 0.270 e. The first-order valence-corrected chi connectivity index (χ1v) is 4.53. The van der Waals surface area contributed by atoms with Crippen LogP contribution in [0.15, 0.2) is 27.5 Å². The lowest BCUT2D eigenvalue weighted by Gasteiger charge is -2.03. The molecule has 1 aromatic rings. The van der Waals surface area contributed by atoms with Crippen LogP contribution in [-0.4, -0.2) is 18.1 Å². The Morgan fingerprint density at radius 1 is 1.60 bits per heavy atom. The first-order chi connectivity index (χ1) is 7.19. The smallest absolute Gasteiger partial charge is 0.270 e. The first kappa shape index (κ1) is 11.2. The Hall–Kier alpha value is -1.85. The van der Waals surface area contributed by atoms with Crippen LogP contribution in [0.2, 0.25) is 0 Å². The van der Waals surface area contributed by atoms with E-state index in [9.17, 15) is 14.9 Å². The summed E-state index contributed by atoms with van der Waals surface area (Å²) in [6.07, 6.45) is 1.33. The number of carbonyl (C=O) groups excluding carboxylic acids is 1. The zero-order valence-electron chi connectivity index (χ0n) is 7.67. The number of non-ortho nitro benzene ring substituents is 1. The molecule has 0 saturated carbocycles. The zero-order chi connectivity index (χ0) is 11.3. The molecule has 0 spiro atoms. The van der Waals surface area contributed by atoms with Crippen molar-refractivity contribution in [3.8, 4) is 5.75 Å². The standard InChI is InChI=1S/C8H6N2O4S/c1-14-7-3-2-6(10(12)13)4-8(7)15-9-5-11/h2-4H,1H3. The number of hydrogen-bond acceptors (Lipinski definition) is 6. The largest absolute Gasteiger partial charge is 0.496 e. The second kappa shape index (κ2) is 5.14. The molecule has 0 N–H and O–H groups in total. The highest BCUT2D eigenvalue weighted by atomic mass is 32.2. The maximum absolute atomic E-state index is 10.5. The van der Waals surface area contributed by atoms with Crippen molar-refractivity contribution >= 4 is 23.7 Å². The number of nitro benzene ring substituents is 1. The van der Waals surface area contributed by atoms with E-state index in [2.05, 4.69) is 4.40 Å². The molecule has 0 radical (unpaired) electrons. The SMILES string of the molecule is COc1ccc([N+](=O)[O-])cc1SN=C=O. The van der Waals surface area contributed by atoms with Gasteiger partial charge in [-0.2, -0.15) is 0 Å². The van der Waals surface area contributed by atoms with Gasteiger partial charge in [-0.05, 0) is 6.07 Å². The third-order valence-electron chi connectivity index (χ3n) is 1.54. The molecule has 15 heavy (non-hydrogen) atoms. The van der Waals surface area contributed by atoms with Crippen LogP contribution in [0.4, 0.5) is 5.69 Å². The van der Waals surface area contributed by atoms with Crippen LogP contribution in [0.25, 0.3) is 0 Å². The molecule has 0 aliphatic heterocycles. The van der Waals surface area contributed by atoms with E-state index >= 15 is 0 Å². The Balaban J connectivity index is 3.12. The van der Waals surface area contributed by atoms with Crippen molar-refractivity contribution in [2.45, 2.75) is 4.90 Å². The number of nitrogens with zero attached hydrogens (tertiary/aromatic N) is 2. The minimum atomic E-state index is -0.534. The number of nitro groups is 1. The van der Waals surface area contributed by atoms with E-state index < -0.39 is 4.92 Å². The summed E-state index contributed by atoms with van der Waals surface area (Å²) in [5, 5.41) is 10.5. The van der Waals surface area contributed by atoms with E-state index in [0.717, 1.165) is 11.9 Å². The fourth-order valence-electron chi connectivity index (χ4n) is 0.918. The van der Waals surface area contributed by atoms with Crippen LogP contribution < -0.4 is 4.74 Å². The summed E-state index contributed by atoms with van der Waals surface area (Å²) in [5.74, 6) is 0.421. The average Bonchev–Trinajstić information content (AvgIpc) is 2.25. The molecule has 0 aromatic heterocycles. The van der Waals surface area contributed by atoms with Crippen LogP contribution in [0.3, 0.4) is 0 Å². The molecule has 0 aliphatic carbocycles. The summed E-state index contributed by atoms with van der Waals surface area (Å²) in [4.78, 5) is 20.2. The van der Waals surface area contributed by atoms with Crippen molar-refractivity contribution < 1.29 is 14.5 Å². The van der Waals surface area contributed by atoms with Gasteiger partial charge in [0, 0.05) is 24.1 Å². The molecule has 0 aliphatic rings. The lowest BCUT2D eigenvalue weighted by Crippen LogP contribution is -1.90. The number of benzene rings is 1. The summed E-state index contributed by atoms with van der Waals surface area (Å²) in [5.41, 5.74) is -0.0839. The van der Waals surface area contributed by atoms with Crippen LogP contribution in [0.1, 0.15) is 0 Å². The van der Waals surface area contributed by atoms with Crippen LogP contribution >= 0.6 is 11.9 Å². The van der Waals surface area contributed by atoms with E-state index in [1.807, 2.05) is 0 Å². The highest BCUT2D eigenvalue weighted by molar-refractivity contribution is 7.98. The second-order valence-electron chi connectivity index (χ2n) is 2.37. The van der Waals surface area contributed by atoms with Crippen molar-refractivity contribution in [2.24, 2.45) is 4.40 Å². The molecular formula is C8H6N2O4S. The summed E-state index contributed by atoms with van der Waals surface area (Å²) in [6, 6.07) is 4.04. The van der Waals surface area contributed by atoms with Gasteiger partial charge in [0.1, 0.15) is 5.75 Å². The fraction of sp³-hybridized carbons (Fsp3) is 0.125. The summed E-state index contributed by atoms with van der Waals surface area (Å²) in [7, 11) is 1.43. The first-order valence-electron chi connectivity index (χ1n) is 3.75. The summed E-state index contributed by atoms with van der Waals surface area (Å²) in [6.45, 7) is 0. The van der Waals surface area contributed by atoms with Gasteiger partial charge in [-0.15, -0.1) is 4.40 Å². The fourth-order valence-corrected chi connectivity index (χ4v) is 1.47. The molecule has 7 heteroatoms. The number of isocyanates is 1. The van der Waals surface area contributed by atoms with Gasteiger partial charge in [0.15, 0.2) is 0 Å². The molecule has 0 atom stereocenters. The normalized spacial score (nSPS) is 9.13. The van der Waals surface area contributed by atoms with Crippen molar-refractivity contribution in [3.63, 3.8) is 0 Å². The number of methoxy groups -OCH3 is 1. The molecular weight excluding hydrogens is 220 g/mol. The Morgan fingerprint density at radius 3 is 2.87 bits per heavy atom. The van der Waals surface area contributed by atoms with Gasteiger partial charge in [0.05, 0.1) is 16.9 Å². The molecule has 0 saturated heterocycles. The molecule has 0 fully saturated rings. The van der Waals surface area contributed by atoms with Crippen LogP contribution in [0.5, 0.6) is 5.75 Å². The van der Waals surface area contributed by atoms with Crippen molar-refractivity contribution in [3.05, 3.63) is 28.3 Å². The van der Waals surface area contributed by atoms with Gasteiger partial charge in [-0.25, -0.2) is 4.79 Å². The Bertz CT molecular complexity index is 429. The lowest BCUT2D eigenvalue weighted by molar-refractivity contribution is -0.385. The monoisotopic (exact) mass is 226 g/mol.